The Morgan fingerprint density at radius 2 is 2.05 bits per heavy atom. The first-order valence-corrected chi connectivity index (χ1v) is 6.45. The van der Waals surface area contributed by atoms with Crippen molar-refractivity contribution in [2.24, 2.45) is 0 Å². The number of rotatable bonds is 4. The lowest BCUT2D eigenvalue weighted by Crippen LogP contribution is -2.19. The minimum atomic E-state index is 0.617. The highest BCUT2D eigenvalue weighted by Crippen LogP contribution is 2.22. The van der Waals surface area contributed by atoms with Crippen molar-refractivity contribution in [2.45, 2.75) is 13.5 Å². The van der Waals surface area contributed by atoms with Gasteiger partial charge in [-0.2, -0.15) is 4.98 Å². The maximum atomic E-state index is 6.18. The molecular weight excluding hydrogens is 260 g/mol. The maximum absolute atomic E-state index is 6.18. The molecule has 1 heterocycles. The first-order valence-electron chi connectivity index (χ1n) is 6.07. The molecule has 0 fully saturated rings. The second kappa shape index (κ2) is 5.89. The smallest absolute Gasteiger partial charge is 0.224 e. The standard InChI is InChI=1S/C14H17ClN4/c1-10-8-17-14(16-2)18-13(10)19(3)9-11-6-4-5-7-12(11)15/h4-8H,9H2,1-3H3,(H,16,17,18). The molecule has 0 aliphatic carbocycles. The molecular formula is C14H17ClN4. The molecule has 2 rings (SSSR count). The Labute approximate surface area is 118 Å². The Bertz CT molecular complexity index is 571. The Balaban J connectivity index is 2.25. The normalized spacial score (nSPS) is 10.3. The molecule has 0 saturated heterocycles. The molecule has 0 atom stereocenters. The number of aromatic nitrogens is 2. The second-order valence-electron chi connectivity index (χ2n) is 4.40. The number of benzene rings is 1. The van der Waals surface area contributed by atoms with E-state index in [2.05, 4.69) is 20.2 Å². The van der Waals surface area contributed by atoms with E-state index in [1.54, 1.807) is 0 Å². The van der Waals surface area contributed by atoms with Crippen LogP contribution in [-0.2, 0) is 6.54 Å². The lowest BCUT2D eigenvalue weighted by Gasteiger charge is -2.21. The molecule has 1 aromatic carbocycles. The van der Waals surface area contributed by atoms with Crippen LogP contribution in [0.15, 0.2) is 30.5 Å². The third-order valence-electron chi connectivity index (χ3n) is 2.90. The summed E-state index contributed by atoms with van der Waals surface area (Å²) in [5, 5.41) is 3.72. The number of hydrogen-bond donors (Lipinski definition) is 1. The van der Waals surface area contributed by atoms with Gasteiger partial charge in [0.1, 0.15) is 5.82 Å². The minimum Gasteiger partial charge on any atom is -0.357 e. The van der Waals surface area contributed by atoms with E-state index in [4.69, 9.17) is 11.6 Å². The van der Waals surface area contributed by atoms with E-state index in [9.17, 15) is 0 Å². The molecule has 5 heteroatoms. The fourth-order valence-corrected chi connectivity index (χ4v) is 2.09. The van der Waals surface area contributed by atoms with Crippen molar-refractivity contribution in [3.8, 4) is 0 Å². The van der Waals surface area contributed by atoms with Gasteiger partial charge in [-0.3, -0.25) is 0 Å². The van der Waals surface area contributed by atoms with Crippen molar-refractivity contribution in [1.29, 1.82) is 0 Å². The van der Waals surface area contributed by atoms with Crippen LogP contribution >= 0.6 is 11.6 Å². The SMILES string of the molecule is CNc1ncc(C)c(N(C)Cc2ccccc2Cl)n1. The Morgan fingerprint density at radius 1 is 1.32 bits per heavy atom. The molecule has 0 aliphatic rings. The largest absolute Gasteiger partial charge is 0.357 e. The summed E-state index contributed by atoms with van der Waals surface area (Å²) >= 11 is 6.18. The molecule has 19 heavy (non-hydrogen) atoms. The molecule has 0 saturated carbocycles. The van der Waals surface area contributed by atoms with Gasteiger partial charge in [-0.15, -0.1) is 0 Å². The van der Waals surface area contributed by atoms with E-state index in [1.165, 1.54) is 0 Å². The van der Waals surface area contributed by atoms with Gasteiger partial charge in [0.15, 0.2) is 0 Å². The first kappa shape index (κ1) is 13.6. The lowest BCUT2D eigenvalue weighted by molar-refractivity contribution is 0.883. The average molecular weight is 277 g/mol. The van der Waals surface area contributed by atoms with Crippen molar-refractivity contribution >= 4 is 23.4 Å². The van der Waals surface area contributed by atoms with E-state index >= 15 is 0 Å². The lowest BCUT2D eigenvalue weighted by atomic mass is 10.2. The fourth-order valence-electron chi connectivity index (χ4n) is 1.90. The molecule has 2 aromatic rings. The molecule has 0 amide bonds. The summed E-state index contributed by atoms with van der Waals surface area (Å²) in [6, 6.07) is 7.84. The molecule has 1 aromatic heterocycles. The van der Waals surface area contributed by atoms with Gasteiger partial charge in [-0.25, -0.2) is 4.98 Å². The number of nitrogens with one attached hydrogen (secondary N) is 1. The molecule has 0 radical (unpaired) electrons. The van der Waals surface area contributed by atoms with Crippen molar-refractivity contribution < 1.29 is 0 Å². The highest BCUT2D eigenvalue weighted by Gasteiger charge is 2.10. The Morgan fingerprint density at radius 3 is 2.74 bits per heavy atom. The van der Waals surface area contributed by atoms with Gasteiger partial charge in [0.25, 0.3) is 0 Å². The maximum Gasteiger partial charge on any atom is 0.224 e. The summed E-state index contributed by atoms with van der Waals surface area (Å²) < 4.78 is 0. The third kappa shape index (κ3) is 3.15. The van der Waals surface area contributed by atoms with Gasteiger partial charge in [0.05, 0.1) is 0 Å². The number of hydrogen-bond acceptors (Lipinski definition) is 4. The van der Waals surface area contributed by atoms with Crippen LogP contribution in [0.4, 0.5) is 11.8 Å². The van der Waals surface area contributed by atoms with Gasteiger partial charge < -0.3 is 10.2 Å². The van der Waals surface area contributed by atoms with E-state index < -0.39 is 0 Å². The van der Waals surface area contributed by atoms with E-state index in [0.717, 1.165) is 22.0 Å². The van der Waals surface area contributed by atoms with Gasteiger partial charge in [-0.1, -0.05) is 29.8 Å². The van der Waals surface area contributed by atoms with Crippen LogP contribution in [0.2, 0.25) is 5.02 Å². The molecule has 0 unspecified atom stereocenters. The topological polar surface area (TPSA) is 41.1 Å². The minimum absolute atomic E-state index is 0.617. The van der Waals surface area contributed by atoms with E-state index in [-0.39, 0.29) is 0 Å². The Kier molecular flexibility index (Phi) is 4.22. The van der Waals surface area contributed by atoms with Crippen LogP contribution in [-0.4, -0.2) is 24.1 Å². The van der Waals surface area contributed by atoms with Crippen molar-refractivity contribution in [1.82, 2.24) is 9.97 Å². The van der Waals surface area contributed by atoms with E-state index in [0.29, 0.717) is 12.5 Å². The van der Waals surface area contributed by atoms with Crippen LogP contribution in [0.5, 0.6) is 0 Å². The van der Waals surface area contributed by atoms with Crippen molar-refractivity contribution in [3.63, 3.8) is 0 Å². The van der Waals surface area contributed by atoms with Crippen LogP contribution < -0.4 is 10.2 Å². The molecule has 0 spiro atoms. The quantitative estimate of drug-likeness (QED) is 0.932. The predicted molar refractivity (Wildman–Crippen MR) is 79.9 cm³/mol. The van der Waals surface area contributed by atoms with Crippen LogP contribution in [0, 0.1) is 6.92 Å². The number of anilines is 2. The van der Waals surface area contributed by atoms with Gasteiger partial charge in [0.2, 0.25) is 5.95 Å². The Hall–Kier alpha value is -1.81. The summed E-state index contributed by atoms with van der Waals surface area (Å²) in [5.41, 5.74) is 2.12. The summed E-state index contributed by atoms with van der Waals surface area (Å²) in [4.78, 5) is 10.7. The van der Waals surface area contributed by atoms with Crippen molar-refractivity contribution in [3.05, 3.63) is 46.6 Å². The number of halogens is 1. The first-order chi connectivity index (χ1) is 9.11. The van der Waals surface area contributed by atoms with Gasteiger partial charge in [0, 0.05) is 37.4 Å². The van der Waals surface area contributed by atoms with Crippen LogP contribution in [0.1, 0.15) is 11.1 Å². The molecule has 4 nitrogen and oxygen atoms in total. The highest BCUT2D eigenvalue weighted by atomic mass is 35.5. The molecule has 1 N–H and O–H groups in total. The zero-order valence-corrected chi connectivity index (χ0v) is 12.1. The summed E-state index contributed by atoms with van der Waals surface area (Å²) in [7, 11) is 3.81. The van der Waals surface area contributed by atoms with Gasteiger partial charge >= 0.3 is 0 Å². The number of nitrogens with zero attached hydrogens (tertiary/aromatic N) is 3. The summed E-state index contributed by atoms with van der Waals surface area (Å²) in [6.07, 6.45) is 1.82. The van der Waals surface area contributed by atoms with Gasteiger partial charge in [-0.05, 0) is 18.6 Å². The summed E-state index contributed by atoms with van der Waals surface area (Å²) in [6.45, 7) is 2.71. The third-order valence-corrected chi connectivity index (χ3v) is 3.26. The van der Waals surface area contributed by atoms with E-state index in [1.807, 2.05) is 51.5 Å². The second-order valence-corrected chi connectivity index (χ2v) is 4.80. The highest BCUT2D eigenvalue weighted by molar-refractivity contribution is 6.31. The molecule has 0 bridgehead atoms. The fraction of sp³-hybridized carbons (Fsp3) is 0.286. The zero-order chi connectivity index (χ0) is 13.8. The summed E-state index contributed by atoms with van der Waals surface area (Å²) in [5.74, 6) is 1.52. The average Bonchev–Trinajstić information content (AvgIpc) is 2.42. The number of aryl methyl sites for hydroxylation is 1. The molecule has 0 aliphatic heterocycles. The van der Waals surface area contributed by atoms with Crippen molar-refractivity contribution in [2.75, 3.05) is 24.3 Å². The van der Waals surface area contributed by atoms with Crippen LogP contribution in [0.25, 0.3) is 0 Å². The van der Waals surface area contributed by atoms with Crippen LogP contribution in [0.3, 0.4) is 0 Å². The predicted octanol–water partition coefficient (Wildman–Crippen LogP) is 3.12. The monoisotopic (exact) mass is 276 g/mol. The zero-order valence-electron chi connectivity index (χ0n) is 11.3. The molecule has 100 valence electrons.